The molecule has 5 nitrogen and oxygen atoms in total. The van der Waals surface area contributed by atoms with Gasteiger partial charge in [-0.15, -0.1) is 0 Å². The summed E-state index contributed by atoms with van der Waals surface area (Å²) in [6.07, 6.45) is -0.358. The Balaban J connectivity index is 1.69. The van der Waals surface area contributed by atoms with Gasteiger partial charge in [-0.1, -0.05) is 18.2 Å². The van der Waals surface area contributed by atoms with Crippen LogP contribution in [-0.2, 0) is 11.2 Å². The number of amides is 1. The van der Waals surface area contributed by atoms with Gasteiger partial charge in [0.05, 0.1) is 12.1 Å². The van der Waals surface area contributed by atoms with Crippen molar-refractivity contribution in [3.63, 3.8) is 0 Å². The molecule has 2 heterocycles. The van der Waals surface area contributed by atoms with E-state index in [4.69, 9.17) is 4.74 Å². The van der Waals surface area contributed by atoms with Crippen LogP contribution in [0.5, 0.6) is 5.75 Å². The fourth-order valence-corrected chi connectivity index (χ4v) is 2.76. The maximum absolute atomic E-state index is 12.4. The minimum absolute atomic E-state index is 0.0658. The molecule has 1 aromatic rings. The number of aliphatic hydroxyl groups is 1. The molecule has 0 spiro atoms. The van der Waals surface area contributed by atoms with Gasteiger partial charge in [0.25, 0.3) is 5.91 Å². The predicted octanol–water partition coefficient (Wildman–Crippen LogP) is -0.219. The molecule has 102 valence electrons. The van der Waals surface area contributed by atoms with Crippen molar-refractivity contribution in [2.24, 2.45) is 0 Å². The number of hydrogen-bond donors (Lipinski definition) is 2. The van der Waals surface area contributed by atoms with Gasteiger partial charge in [-0.05, 0) is 11.6 Å². The van der Waals surface area contributed by atoms with Gasteiger partial charge in [-0.3, -0.25) is 4.79 Å². The molecule has 0 radical (unpaired) electrons. The molecule has 0 bridgehead atoms. The zero-order valence-corrected chi connectivity index (χ0v) is 10.9. The number of carbonyl (C=O) groups is 1. The van der Waals surface area contributed by atoms with Crippen molar-refractivity contribution in [1.29, 1.82) is 0 Å². The molecule has 1 fully saturated rings. The lowest BCUT2D eigenvalue weighted by atomic mass is 10.1. The van der Waals surface area contributed by atoms with Gasteiger partial charge >= 0.3 is 0 Å². The highest BCUT2D eigenvalue weighted by Crippen LogP contribution is 2.29. The summed E-state index contributed by atoms with van der Waals surface area (Å²) in [5.74, 6) is 0.725. The molecule has 1 aromatic carbocycles. The van der Waals surface area contributed by atoms with E-state index in [0.717, 1.165) is 11.3 Å². The van der Waals surface area contributed by atoms with E-state index in [2.05, 4.69) is 5.32 Å². The van der Waals surface area contributed by atoms with Crippen LogP contribution in [0.3, 0.4) is 0 Å². The molecule has 0 aromatic heterocycles. The Hall–Kier alpha value is -1.59. The Bertz CT molecular complexity index is 466. The maximum Gasteiger partial charge on any atom is 0.264 e. The zero-order chi connectivity index (χ0) is 13.4. The molecule has 2 aliphatic heterocycles. The Morgan fingerprint density at radius 2 is 2.21 bits per heavy atom. The second-order valence-corrected chi connectivity index (χ2v) is 5.16. The van der Waals surface area contributed by atoms with Crippen molar-refractivity contribution in [2.45, 2.75) is 24.7 Å². The number of benzene rings is 1. The van der Waals surface area contributed by atoms with E-state index in [1.807, 2.05) is 24.3 Å². The first-order valence-electron chi connectivity index (χ1n) is 6.57. The fraction of sp³-hybridized carbons (Fsp3) is 0.500. The quantitative estimate of drug-likeness (QED) is 0.773. The molecule has 1 unspecified atom stereocenters. The number of para-hydroxylation sites is 1. The van der Waals surface area contributed by atoms with Crippen molar-refractivity contribution in [3.8, 4) is 5.75 Å². The third-order valence-corrected chi connectivity index (χ3v) is 3.92. The molecular weight excluding hydrogens is 244 g/mol. The smallest absolute Gasteiger partial charge is 0.264 e. The summed E-state index contributed by atoms with van der Waals surface area (Å²) in [5.41, 5.74) is 1.07. The molecule has 3 rings (SSSR count). The number of nitrogens with one attached hydrogen (secondary N) is 1. The predicted molar refractivity (Wildman–Crippen MR) is 70.0 cm³/mol. The SMILES string of the molecule is CN(C(=O)C1Cc2ccccc2O1)[C@H]1CNC[C@@H]1O. The number of rotatable bonds is 2. The summed E-state index contributed by atoms with van der Waals surface area (Å²) >= 11 is 0. The van der Waals surface area contributed by atoms with Crippen molar-refractivity contribution in [3.05, 3.63) is 29.8 Å². The minimum atomic E-state index is -0.502. The topological polar surface area (TPSA) is 61.8 Å². The summed E-state index contributed by atoms with van der Waals surface area (Å²) in [5, 5.41) is 12.9. The minimum Gasteiger partial charge on any atom is -0.480 e. The van der Waals surface area contributed by atoms with Crippen molar-refractivity contribution in [1.82, 2.24) is 10.2 Å². The summed E-state index contributed by atoms with van der Waals surface area (Å²) in [7, 11) is 1.73. The second-order valence-electron chi connectivity index (χ2n) is 5.16. The van der Waals surface area contributed by atoms with Crippen LogP contribution >= 0.6 is 0 Å². The van der Waals surface area contributed by atoms with Crippen LogP contribution in [0, 0.1) is 0 Å². The van der Waals surface area contributed by atoms with E-state index in [9.17, 15) is 9.90 Å². The van der Waals surface area contributed by atoms with Gasteiger partial charge in [-0.25, -0.2) is 0 Å². The van der Waals surface area contributed by atoms with E-state index >= 15 is 0 Å². The van der Waals surface area contributed by atoms with Crippen LogP contribution in [0.1, 0.15) is 5.56 Å². The van der Waals surface area contributed by atoms with E-state index in [-0.39, 0.29) is 11.9 Å². The van der Waals surface area contributed by atoms with Crippen LogP contribution in [-0.4, -0.2) is 54.3 Å². The summed E-state index contributed by atoms with van der Waals surface area (Å²) in [4.78, 5) is 14.0. The van der Waals surface area contributed by atoms with Crippen molar-refractivity contribution in [2.75, 3.05) is 20.1 Å². The highest BCUT2D eigenvalue weighted by molar-refractivity contribution is 5.82. The number of aliphatic hydroxyl groups excluding tert-OH is 1. The first kappa shape index (κ1) is 12.4. The molecule has 19 heavy (non-hydrogen) atoms. The highest BCUT2D eigenvalue weighted by atomic mass is 16.5. The summed E-state index contributed by atoms with van der Waals surface area (Å²) in [6.45, 7) is 1.16. The lowest BCUT2D eigenvalue weighted by molar-refractivity contribution is -0.140. The molecular formula is C14H18N2O3. The number of fused-ring (bicyclic) bond motifs is 1. The number of hydrogen-bond acceptors (Lipinski definition) is 4. The second kappa shape index (κ2) is 4.83. The molecule has 1 amide bonds. The van der Waals surface area contributed by atoms with Crippen molar-refractivity contribution < 1.29 is 14.6 Å². The Morgan fingerprint density at radius 1 is 1.42 bits per heavy atom. The van der Waals surface area contributed by atoms with E-state index < -0.39 is 12.2 Å². The lowest BCUT2D eigenvalue weighted by Gasteiger charge is -2.28. The normalized spacial score (nSPS) is 28.8. The first-order valence-corrected chi connectivity index (χ1v) is 6.57. The molecule has 0 saturated carbocycles. The lowest BCUT2D eigenvalue weighted by Crippen LogP contribution is -2.49. The van der Waals surface area contributed by atoms with Gasteiger partial charge < -0.3 is 20.1 Å². The Kier molecular flexibility index (Phi) is 3.16. The van der Waals surface area contributed by atoms with Gasteiger partial charge in [0.2, 0.25) is 0 Å². The molecule has 5 heteroatoms. The highest BCUT2D eigenvalue weighted by Gasteiger charge is 2.37. The molecule has 2 N–H and O–H groups in total. The Morgan fingerprint density at radius 3 is 2.89 bits per heavy atom. The third-order valence-electron chi connectivity index (χ3n) is 3.92. The van der Waals surface area contributed by atoms with Crippen LogP contribution in [0.15, 0.2) is 24.3 Å². The van der Waals surface area contributed by atoms with Gasteiger partial charge in [0, 0.05) is 26.6 Å². The average Bonchev–Trinajstić information content (AvgIpc) is 3.02. The van der Waals surface area contributed by atoms with Crippen molar-refractivity contribution >= 4 is 5.91 Å². The van der Waals surface area contributed by atoms with Gasteiger partial charge in [-0.2, -0.15) is 0 Å². The fourth-order valence-electron chi connectivity index (χ4n) is 2.76. The molecule has 2 aliphatic rings. The largest absolute Gasteiger partial charge is 0.480 e. The first-order chi connectivity index (χ1) is 9.16. The summed E-state index contributed by atoms with van der Waals surface area (Å²) < 4.78 is 5.69. The van der Waals surface area contributed by atoms with E-state index in [0.29, 0.717) is 19.5 Å². The Labute approximate surface area is 112 Å². The van der Waals surface area contributed by atoms with Gasteiger partial charge in [0.1, 0.15) is 5.75 Å². The number of ether oxygens (including phenoxy) is 1. The maximum atomic E-state index is 12.4. The number of carbonyl (C=O) groups excluding carboxylic acids is 1. The van der Waals surface area contributed by atoms with Crippen LogP contribution < -0.4 is 10.1 Å². The van der Waals surface area contributed by atoms with Crippen LogP contribution in [0.25, 0.3) is 0 Å². The van der Waals surface area contributed by atoms with E-state index in [1.54, 1.807) is 11.9 Å². The number of β-amino-alcohol motifs (C(OH)–C–C–N with tert-alkyl or cyclic N) is 1. The molecule has 1 saturated heterocycles. The number of nitrogens with zero attached hydrogens (tertiary/aromatic N) is 1. The van der Waals surface area contributed by atoms with Crippen LogP contribution in [0.4, 0.5) is 0 Å². The standard InChI is InChI=1S/C14H18N2O3/c1-16(10-7-15-8-11(10)17)14(18)13-6-9-4-2-3-5-12(9)19-13/h2-5,10-11,13,15,17H,6-8H2,1H3/t10-,11-,13?/m0/s1. The van der Waals surface area contributed by atoms with Crippen LogP contribution in [0.2, 0.25) is 0 Å². The zero-order valence-electron chi connectivity index (χ0n) is 10.9. The summed E-state index contributed by atoms with van der Waals surface area (Å²) in [6, 6.07) is 7.55. The monoisotopic (exact) mass is 262 g/mol. The molecule has 0 aliphatic carbocycles. The average molecular weight is 262 g/mol. The third kappa shape index (κ3) is 2.19. The van der Waals surface area contributed by atoms with Gasteiger partial charge in [0.15, 0.2) is 6.10 Å². The number of likely N-dealkylation sites (N-methyl/N-ethyl adjacent to an activating group) is 1. The molecule has 3 atom stereocenters. The van der Waals surface area contributed by atoms with E-state index in [1.165, 1.54) is 0 Å².